The molecule has 0 aromatic carbocycles. The Hall–Kier alpha value is -0.610. The number of nitrogens with one attached hydrogen (secondary N) is 2. The Balaban J connectivity index is 1.63. The van der Waals surface area contributed by atoms with Gasteiger partial charge in [0.2, 0.25) is 5.91 Å². The molecule has 0 radical (unpaired) electrons. The van der Waals surface area contributed by atoms with Crippen molar-refractivity contribution in [1.29, 1.82) is 0 Å². The molecule has 2 N–H and O–H groups in total. The van der Waals surface area contributed by atoms with Gasteiger partial charge in [-0.25, -0.2) is 0 Å². The average Bonchev–Trinajstić information content (AvgIpc) is 2.99. The standard InChI is InChI=1S/C14H27N3O/c1-11-7-8-15-13(11)14(18)16-9-10-17(2)12-5-3-4-6-12/h11-13,15H,3-10H2,1-2H3,(H,16,18). The molecule has 4 heteroatoms. The second-order valence-electron chi connectivity index (χ2n) is 5.91. The van der Waals surface area contributed by atoms with Crippen LogP contribution in [0.15, 0.2) is 0 Å². The van der Waals surface area contributed by atoms with Crippen LogP contribution in [-0.4, -0.2) is 49.6 Å². The van der Waals surface area contributed by atoms with Gasteiger partial charge in [-0.1, -0.05) is 19.8 Å². The second-order valence-corrected chi connectivity index (χ2v) is 5.91. The smallest absolute Gasteiger partial charge is 0.237 e. The van der Waals surface area contributed by atoms with E-state index in [0.717, 1.165) is 32.1 Å². The summed E-state index contributed by atoms with van der Waals surface area (Å²) in [4.78, 5) is 14.4. The van der Waals surface area contributed by atoms with Crippen molar-refractivity contribution in [1.82, 2.24) is 15.5 Å². The van der Waals surface area contributed by atoms with Gasteiger partial charge in [-0.2, -0.15) is 0 Å². The van der Waals surface area contributed by atoms with Crippen molar-refractivity contribution in [2.24, 2.45) is 5.92 Å². The molecule has 0 aromatic rings. The molecular weight excluding hydrogens is 226 g/mol. The minimum absolute atomic E-state index is 0.0294. The van der Waals surface area contributed by atoms with E-state index in [9.17, 15) is 4.79 Å². The Bertz CT molecular complexity index is 276. The van der Waals surface area contributed by atoms with Crippen LogP contribution >= 0.6 is 0 Å². The van der Waals surface area contributed by atoms with Crippen LogP contribution in [0.5, 0.6) is 0 Å². The molecule has 0 bridgehead atoms. The molecular formula is C14H27N3O. The lowest BCUT2D eigenvalue weighted by Crippen LogP contribution is -2.46. The molecule has 1 aliphatic heterocycles. The summed E-state index contributed by atoms with van der Waals surface area (Å²) in [5.41, 5.74) is 0. The summed E-state index contributed by atoms with van der Waals surface area (Å²) in [6.07, 6.45) is 6.49. The maximum Gasteiger partial charge on any atom is 0.237 e. The largest absolute Gasteiger partial charge is 0.353 e. The number of carbonyl (C=O) groups is 1. The SMILES string of the molecule is CC1CCNC1C(=O)NCCN(C)C1CCCC1. The van der Waals surface area contributed by atoms with E-state index in [1.165, 1.54) is 25.7 Å². The molecule has 2 fully saturated rings. The van der Waals surface area contributed by atoms with Crippen LogP contribution in [-0.2, 0) is 4.79 Å². The summed E-state index contributed by atoms with van der Waals surface area (Å²) >= 11 is 0. The van der Waals surface area contributed by atoms with E-state index in [1.807, 2.05) is 0 Å². The molecule has 0 spiro atoms. The predicted molar refractivity (Wildman–Crippen MR) is 73.5 cm³/mol. The number of carbonyl (C=O) groups excluding carboxylic acids is 1. The molecule has 1 saturated heterocycles. The van der Waals surface area contributed by atoms with Crippen LogP contribution in [0.25, 0.3) is 0 Å². The van der Waals surface area contributed by atoms with E-state index in [1.54, 1.807) is 0 Å². The van der Waals surface area contributed by atoms with Crippen LogP contribution in [0.3, 0.4) is 0 Å². The maximum absolute atomic E-state index is 12.0. The van der Waals surface area contributed by atoms with Crippen LogP contribution in [0, 0.1) is 5.92 Å². The van der Waals surface area contributed by atoms with Crippen molar-refractivity contribution in [2.75, 3.05) is 26.7 Å². The van der Waals surface area contributed by atoms with Crippen molar-refractivity contribution < 1.29 is 4.79 Å². The van der Waals surface area contributed by atoms with Crippen molar-refractivity contribution in [2.45, 2.75) is 51.1 Å². The Kier molecular flexibility index (Phi) is 5.01. The minimum atomic E-state index is 0.0294. The summed E-state index contributed by atoms with van der Waals surface area (Å²) < 4.78 is 0. The summed E-state index contributed by atoms with van der Waals surface area (Å²) in [6.45, 7) is 4.87. The van der Waals surface area contributed by atoms with Gasteiger partial charge in [-0.05, 0) is 38.8 Å². The highest BCUT2D eigenvalue weighted by molar-refractivity contribution is 5.82. The Morgan fingerprint density at radius 1 is 1.33 bits per heavy atom. The van der Waals surface area contributed by atoms with Gasteiger partial charge >= 0.3 is 0 Å². The summed E-state index contributed by atoms with van der Waals surface area (Å²) in [5.74, 6) is 0.650. The first-order chi connectivity index (χ1) is 8.68. The third-order valence-corrected chi connectivity index (χ3v) is 4.53. The zero-order valence-corrected chi connectivity index (χ0v) is 11.7. The molecule has 2 aliphatic rings. The average molecular weight is 253 g/mol. The molecule has 104 valence electrons. The minimum Gasteiger partial charge on any atom is -0.353 e. The summed E-state index contributed by atoms with van der Waals surface area (Å²) in [5, 5.41) is 6.34. The lowest BCUT2D eigenvalue weighted by atomic mass is 10.0. The number of hydrogen-bond donors (Lipinski definition) is 2. The highest BCUT2D eigenvalue weighted by atomic mass is 16.2. The third-order valence-electron chi connectivity index (χ3n) is 4.53. The second kappa shape index (κ2) is 6.53. The van der Waals surface area contributed by atoms with Gasteiger partial charge in [0.15, 0.2) is 0 Å². The molecule has 2 atom stereocenters. The van der Waals surface area contributed by atoms with E-state index in [0.29, 0.717) is 5.92 Å². The van der Waals surface area contributed by atoms with Gasteiger partial charge in [0.05, 0.1) is 6.04 Å². The van der Waals surface area contributed by atoms with E-state index >= 15 is 0 Å². The van der Waals surface area contributed by atoms with Gasteiger partial charge in [-0.3, -0.25) is 4.79 Å². The van der Waals surface area contributed by atoms with Gasteiger partial charge in [0, 0.05) is 19.1 Å². The fraction of sp³-hybridized carbons (Fsp3) is 0.929. The van der Waals surface area contributed by atoms with Gasteiger partial charge in [0.1, 0.15) is 0 Å². The fourth-order valence-corrected chi connectivity index (χ4v) is 3.18. The molecule has 2 rings (SSSR count). The fourth-order valence-electron chi connectivity index (χ4n) is 3.18. The van der Waals surface area contributed by atoms with Crippen molar-refractivity contribution in [3.8, 4) is 0 Å². The van der Waals surface area contributed by atoms with E-state index < -0.39 is 0 Å². The Morgan fingerprint density at radius 2 is 2.06 bits per heavy atom. The zero-order valence-electron chi connectivity index (χ0n) is 11.7. The molecule has 1 aliphatic carbocycles. The molecule has 1 amide bonds. The summed E-state index contributed by atoms with van der Waals surface area (Å²) in [6, 6.07) is 0.771. The van der Waals surface area contributed by atoms with Crippen molar-refractivity contribution in [3.05, 3.63) is 0 Å². The topological polar surface area (TPSA) is 44.4 Å². The third kappa shape index (κ3) is 3.45. The first kappa shape index (κ1) is 13.8. The molecule has 1 saturated carbocycles. The van der Waals surface area contributed by atoms with Crippen LogP contribution in [0.1, 0.15) is 39.0 Å². The molecule has 18 heavy (non-hydrogen) atoms. The highest BCUT2D eigenvalue weighted by Gasteiger charge is 2.29. The summed E-state index contributed by atoms with van der Waals surface area (Å²) in [7, 11) is 2.18. The Labute approximate surface area is 110 Å². The predicted octanol–water partition coefficient (Wildman–Crippen LogP) is 0.975. The lowest BCUT2D eigenvalue weighted by molar-refractivity contribution is -0.123. The number of nitrogens with zero attached hydrogens (tertiary/aromatic N) is 1. The lowest BCUT2D eigenvalue weighted by Gasteiger charge is -2.24. The van der Waals surface area contributed by atoms with Gasteiger partial charge in [-0.15, -0.1) is 0 Å². The van der Waals surface area contributed by atoms with E-state index in [2.05, 4.69) is 29.5 Å². The number of amides is 1. The van der Waals surface area contributed by atoms with Crippen molar-refractivity contribution >= 4 is 5.91 Å². The van der Waals surface area contributed by atoms with Gasteiger partial charge < -0.3 is 15.5 Å². The van der Waals surface area contributed by atoms with E-state index in [-0.39, 0.29) is 11.9 Å². The first-order valence-corrected chi connectivity index (χ1v) is 7.40. The highest BCUT2D eigenvalue weighted by Crippen LogP contribution is 2.21. The van der Waals surface area contributed by atoms with Gasteiger partial charge in [0.25, 0.3) is 0 Å². The molecule has 4 nitrogen and oxygen atoms in total. The van der Waals surface area contributed by atoms with Crippen LogP contribution < -0.4 is 10.6 Å². The maximum atomic E-state index is 12.0. The normalized spacial score (nSPS) is 29.1. The first-order valence-electron chi connectivity index (χ1n) is 7.40. The number of hydrogen-bond acceptors (Lipinski definition) is 3. The quantitative estimate of drug-likeness (QED) is 0.767. The van der Waals surface area contributed by atoms with Crippen LogP contribution in [0.4, 0.5) is 0 Å². The van der Waals surface area contributed by atoms with Crippen molar-refractivity contribution in [3.63, 3.8) is 0 Å². The number of rotatable bonds is 5. The molecule has 0 aromatic heterocycles. The molecule has 1 heterocycles. The van der Waals surface area contributed by atoms with Crippen LogP contribution in [0.2, 0.25) is 0 Å². The number of likely N-dealkylation sites (N-methyl/N-ethyl adjacent to an activating group) is 1. The molecule has 2 unspecified atom stereocenters. The zero-order chi connectivity index (χ0) is 13.0. The monoisotopic (exact) mass is 253 g/mol. The van der Waals surface area contributed by atoms with E-state index in [4.69, 9.17) is 0 Å². The Morgan fingerprint density at radius 3 is 2.67 bits per heavy atom.